The third-order valence-electron chi connectivity index (χ3n) is 7.26. The lowest BCUT2D eigenvalue weighted by molar-refractivity contribution is -0.134. The molecule has 7 nitrogen and oxygen atoms in total. The molecule has 0 N–H and O–H groups in total. The predicted molar refractivity (Wildman–Crippen MR) is 149 cm³/mol. The van der Waals surface area contributed by atoms with E-state index in [1.54, 1.807) is 18.5 Å². The van der Waals surface area contributed by atoms with Crippen molar-refractivity contribution in [3.05, 3.63) is 84.3 Å². The van der Waals surface area contributed by atoms with E-state index in [4.69, 9.17) is 4.74 Å². The molecule has 1 fully saturated rings. The number of hydrogen-bond acceptors (Lipinski definition) is 5. The van der Waals surface area contributed by atoms with E-state index >= 15 is 0 Å². The molecule has 1 amide bonds. The maximum Gasteiger partial charge on any atom is 0.330 e. The second-order valence-electron chi connectivity index (χ2n) is 9.83. The van der Waals surface area contributed by atoms with Crippen LogP contribution in [0.5, 0.6) is 0 Å². The zero-order valence-electron chi connectivity index (χ0n) is 21.8. The molecule has 2 aromatic heterocycles. The molecule has 1 aliphatic carbocycles. The summed E-state index contributed by atoms with van der Waals surface area (Å²) in [6.45, 7) is 0.448. The molecule has 7 heteroatoms. The average molecular weight is 509 g/mol. The van der Waals surface area contributed by atoms with Crippen molar-refractivity contribution in [1.82, 2.24) is 14.8 Å². The maximum atomic E-state index is 13.7. The van der Waals surface area contributed by atoms with Gasteiger partial charge in [0.15, 0.2) is 0 Å². The second-order valence-corrected chi connectivity index (χ2v) is 9.83. The molecular weight excluding hydrogens is 476 g/mol. The van der Waals surface area contributed by atoms with E-state index in [2.05, 4.69) is 52.5 Å². The van der Waals surface area contributed by atoms with Gasteiger partial charge in [0, 0.05) is 30.6 Å². The Balaban J connectivity index is 1.41. The first kappa shape index (κ1) is 25.4. The molecule has 0 atom stereocenters. The summed E-state index contributed by atoms with van der Waals surface area (Å²) in [4.78, 5) is 31.5. The van der Waals surface area contributed by atoms with Crippen LogP contribution in [0.15, 0.2) is 73.2 Å². The van der Waals surface area contributed by atoms with Gasteiger partial charge in [0.25, 0.3) is 0 Å². The number of pyridine rings is 1. The number of hydrogen-bond donors (Lipinski definition) is 0. The predicted octanol–water partition coefficient (Wildman–Crippen LogP) is 5.94. The number of carbonyl (C=O) groups excluding carboxylic acids is 2. The fourth-order valence-corrected chi connectivity index (χ4v) is 5.11. The highest BCUT2D eigenvalue weighted by molar-refractivity contribution is 5.95. The van der Waals surface area contributed by atoms with Crippen molar-refractivity contribution >= 4 is 34.5 Å². The van der Waals surface area contributed by atoms with E-state index in [9.17, 15) is 9.59 Å². The van der Waals surface area contributed by atoms with Crippen molar-refractivity contribution < 1.29 is 14.3 Å². The maximum absolute atomic E-state index is 13.7. The van der Waals surface area contributed by atoms with Crippen LogP contribution in [-0.2, 0) is 27.9 Å². The van der Waals surface area contributed by atoms with Crippen LogP contribution in [-0.4, -0.2) is 33.8 Å². The minimum Gasteiger partial charge on any atom is -0.466 e. The van der Waals surface area contributed by atoms with Crippen LogP contribution in [0.25, 0.3) is 28.1 Å². The highest BCUT2D eigenvalue weighted by Crippen LogP contribution is 2.30. The number of esters is 1. The quantitative estimate of drug-likeness (QED) is 0.228. The number of nitrogens with zero attached hydrogens (tertiary/aromatic N) is 4. The van der Waals surface area contributed by atoms with Gasteiger partial charge in [0.1, 0.15) is 0 Å². The molecule has 0 aliphatic heterocycles. The van der Waals surface area contributed by atoms with Crippen molar-refractivity contribution in [3.63, 3.8) is 0 Å². The Bertz CT molecular complexity index is 1470. The van der Waals surface area contributed by atoms with Gasteiger partial charge in [-0.05, 0) is 59.4 Å². The molecule has 1 saturated carbocycles. The van der Waals surface area contributed by atoms with Crippen LogP contribution in [0.4, 0.5) is 5.69 Å². The monoisotopic (exact) mass is 508 g/mol. The molecule has 2 aromatic carbocycles. The number of fused-ring (bicyclic) bond motifs is 1. The van der Waals surface area contributed by atoms with Crippen LogP contribution >= 0.6 is 0 Å². The first-order valence-corrected chi connectivity index (χ1v) is 13.1. The number of amides is 1. The minimum atomic E-state index is -0.437. The van der Waals surface area contributed by atoms with Crippen molar-refractivity contribution in [2.45, 2.75) is 38.6 Å². The molecule has 0 bridgehead atoms. The van der Waals surface area contributed by atoms with Gasteiger partial charge in [-0.15, -0.1) is 0 Å². The lowest BCUT2D eigenvalue weighted by atomic mass is 9.88. The summed E-state index contributed by atoms with van der Waals surface area (Å²) in [5, 5.41) is 5.44. The summed E-state index contributed by atoms with van der Waals surface area (Å²) in [6, 6.07) is 16.6. The van der Waals surface area contributed by atoms with Crippen molar-refractivity contribution in [3.8, 4) is 11.1 Å². The molecule has 38 heavy (non-hydrogen) atoms. The summed E-state index contributed by atoms with van der Waals surface area (Å²) in [7, 11) is 3.28. The highest BCUT2D eigenvalue weighted by atomic mass is 16.5. The van der Waals surface area contributed by atoms with Gasteiger partial charge >= 0.3 is 5.97 Å². The number of methoxy groups -OCH3 is 1. The number of carbonyl (C=O) groups is 2. The van der Waals surface area contributed by atoms with Crippen LogP contribution in [0.2, 0.25) is 0 Å². The topological polar surface area (TPSA) is 77.3 Å². The Kier molecular flexibility index (Phi) is 7.63. The van der Waals surface area contributed by atoms with E-state index in [0.29, 0.717) is 6.54 Å². The van der Waals surface area contributed by atoms with Crippen molar-refractivity contribution in [1.29, 1.82) is 0 Å². The highest BCUT2D eigenvalue weighted by Gasteiger charge is 2.27. The van der Waals surface area contributed by atoms with Crippen LogP contribution in [0.3, 0.4) is 0 Å². The van der Waals surface area contributed by atoms with Gasteiger partial charge in [-0.1, -0.05) is 49.6 Å². The number of anilines is 1. The molecule has 0 spiro atoms. The number of rotatable bonds is 7. The zero-order chi connectivity index (χ0) is 26.5. The van der Waals surface area contributed by atoms with Crippen molar-refractivity contribution in [2.75, 3.05) is 12.0 Å². The fraction of sp³-hybridized carbons (Fsp3) is 0.290. The van der Waals surface area contributed by atoms with Gasteiger partial charge in [-0.3, -0.25) is 14.5 Å². The van der Waals surface area contributed by atoms with E-state index in [0.717, 1.165) is 64.5 Å². The summed E-state index contributed by atoms with van der Waals surface area (Å²) in [5.41, 5.74) is 5.83. The first-order chi connectivity index (χ1) is 18.5. The molecule has 1 aliphatic rings. The largest absolute Gasteiger partial charge is 0.466 e. The van der Waals surface area contributed by atoms with Crippen LogP contribution in [0, 0.1) is 5.92 Å². The summed E-state index contributed by atoms with van der Waals surface area (Å²) in [6.07, 6.45) is 13.5. The molecule has 5 rings (SSSR count). The molecule has 194 valence electrons. The minimum absolute atomic E-state index is 0.0171. The first-order valence-electron chi connectivity index (χ1n) is 13.1. The molecular formula is C31H32N4O3. The number of ether oxygens (including phenoxy) is 1. The normalized spacial score (nSPS) is 14.2. The Morgan fingerprint density at radius 2 is 1.76 bits per heavy atom. The fourth-order valence-electron chi connectivity index (χ4n) is 5.11. The number of benzene rings is 2. The van der Waals surface area contributed by atoms with E-state index < -0.39 is 5.97 Å². The third-order valence-corrected chi connectivity index (χ3v) is 7.26. The van der Waals surface area contributed by atoms with E-state index in [-0.39, 0.29) is 11.8 Å². The number of aromatic nitrogens is 3. The standard InChI is InChI=1S/C31H32N4O3/c1-34-29-14-13-26(17-27(29)19-33-34)24-11-8-22(9-12-24)21-35(31(37)25-6-4-3-5-7-25)28-16-23(18-32-20-28)10-15-30(36)38-2/h8-20,25H,3-7,21H2,1-2H3/b15-10+. The van der Waals surface area contributed by atoms with Gasteiger partial charge < -0.3 is 9.64 Å². The Morgan fingerprint density at radius 1 is 1.00 bits per heavy atom. The number of aryl methyl sites for hydroxylation is 1. The molecule has 4 aromatic rings. The van der Waals surface area contributed by atoms with E-state index in [1.165, 1.54) is 19.6 Å². The summed E-state index contributed by atoms with van der Waals surface area (Å²) >= 11 is 0. The van der Waals surface area contributed by atoms with Gasteiger partial charge in [-0.2, -0.15) is 5.10 Å². The molecule has 0 radical (unpaired) electrons. The second kappa shape index (κ2) is 11.4. The molecule has 2 heterocycles. The van der Waals surface area contributed by atoms with Crippen LogP contribution < -0.4 is 4.90 Å². The Labute approximate surface area is 222 Å². The van der Waals surface area contributed by atoms with E-state index in [1.807, 2.05) is 28.9 Å². The van der Waals surface area contributed by atoms with Gasteiger partial charge in [0.05, 0.1) is 37.3 Å². The molecule has 0 saturated heterocycles. The summed E-state index contributed by atoms with van der Waals surface area (Å²) < 4.78 is 6.57. The Morgan fingerprint density at radius 3 is 2.53 bits per heavy atom. The lowest BCUT2D eigenvalue weighted by Crippen LogP contribution is -2.36. The van der Waals surface area contributed by atoms with Gasteiger partial charge in [-0.25, -0.2) is 4.79 Å². The van der Waals surface area contributed by atoms with Crippen molar-refractivity contribution in [2.24, 2.45) is 13.0 Å². The Hall–Kier alpha value is -4.26. The SMILES string of the molecule is COC(=O)/C=C/c1cncc(N(Cc2ccc(-c3ccc4c(cnn4C)c3)cc2)C(=O)C2CCCCC2)c1. The third kappa shape index (κ3) is 5.67. The van der Waals surface area contributed by atoms with Gasteiger partial charge in [0.2, 0.25) is 5.91 Å². The smallest absolute Gasteiger partial charge is 0.330 e. The zero-order valence-corrected chi connectivity index (χ0v) is 21.8. The van der Waals surface area contributed by atoms with Crippen LogP contribution in [0.1, 0.15) is 43.2 Å². The lowest BCUT2D eigenvalue weighted by Gasteiger charge is -2.29. The average Bonchev–Trinajstić information content (AvgIpc) is 3.35. The summed E-state index contributed by atoms with van der Waals surface area (Å²) in [5.74, 6) is -0.288. The molecule has 0 unspecified atom stereocenters.